The summed E-state index contributed by atoms with van der Waals surface area (Å²) in [6, 6.07) is 1.01. The summed E-state index contributed by atoms with van der Waals surface area (Å²) in [6.45, 7) is 3.57. The molecule has 2 amide bonds. The van der Waals surface area contributed by atoms with Crippen LogP contribution in [0.2, 0.25) is 0 Å². The van der Waals surface area contributed by atoms with E-state index in [4.69, 9.17) is 0 Å². The van der Waals surface area contributed by atoms with Gasteiger partial charge in [-0.2, -0.15) is 0 Å². The van der Waals surface area contributed by atoms with Crippen molar-refractivity contribution in [2.24, 2.45) is 5.92 Å². The Hall–Kier alpha value is -2.62. The summed E-state index contributed by atoms with van der Waals surface area (Å²) in [7, 11) is 0.116. The fourth-order valence-corrected chi connectivity index (χ4v) is 4.54. The van der Waals surface area contributed by atoms with Crippen LogP contribution in [0, 0.1) is 5.92 Å². The molecular formula is C20H28N6O3S. The molecule has 3 rings (SSSR count). The molecule has 1 aliphatic heterocycles. The molecule has 9 nitrogen and oxygen atoms in total. The van der Waals surface area contributed by atoms with E-state index < -0.39 is 12.1 Å². The molecule has 2 aromatic heterocycles. The van der Waals surface area contributed by atoms with Gasteiger partial charge in [0.25, 0.3) is 0 Å². The molecule has 3 heterocycles. The molecule has 0 bridgehead atoms. The largest absolute Gasteiger partial charge is 0.530 e. The van der Waals surface area contributed by atoms with E-state index in [1.54, 1.807) is 18.6 Å². The third kappa shape index (κ3) is 5.71. The van der Waals surface area contributed by atoms with Crippen LogP contribution in [0.5, 0.6) is 0 Å². The first-order chi connectivity index (χ1) is 14.3. The van der Waals surface area contributed by atoms with E-state index in [2.05, 4.69) is 49.9 Å². The highest BCUT2D eigenvalue weighted by atomic mass is 32.2. The summed E-state index contributed by atoms with van der Waals surface area (Å²) in [5.41, 5.74) is 2.25. The first-order valence-electron chi connectivity index (χ1n) is 9.96. The van der Waals surface area contributed by atoms with Crippen LogP contribution in [0.4, 0.5) is 10.5 Å². The van der Waals surface area contributed by atoms with E-state index in [1.165, 1.54) is 0 Å². The third-order valence-corrected chi connectivity index (χ3v) is 6.17. The van der Waals surface area contributed by atoms with Crippen molar-refractivity contribution >= 4 is 39.7 Å². The predicted octanol–water partition coefficient (Wildman–Crippen LogP) is -0.0747. The maximum atomic E-state index is 12.8. The number of nitrogens with one attached hydrogen (secondary N) is 2. The molecule has 1 saturated heterocycles. The molecule has 1 aliphatic rings. The van der Waals surface area contributed by atoms with Gasteiger partial charge in [-0.15, -0.1) is 0 Å². The maximum absolute atomic E-state index is 12.8. The van der Waals surface area contributed by atoms with Crippen molar-refractivity contribution in [1.29, 1.82) is 0 Å². The molecule has 2 aromatic rings. The van der Waals surface area contributed by atoms with Crippen LogP contribution in [0.1, 0.15) is 19.8 Å². The molecule has 0 aliphatic carbocycles. The van der Waals surface area contributed by atoms with Gasteiger partial charge in [-0.3, -0.25) is 4.79 Å². The average Bonchev–Trinajstić information content (AvgIpc) is 2.69. The maximum Gasteiger partial charge on any atom is 0.242 e. The van der Waals surface area contributed by atoms with Gasteiger partial charge < -0.3 is 25.4 Å². The average molecular weight is 433 g/mol. The van der Waals surface area contributed by atoms with Crippen LogP contribution in [0.15, 0.2) is 24.7 Å². The topological polar surface area (TPSA) is 123 Å². The molecular weight excluding hydrogens is 404 g/mol. The van der Waals surface area contributed by atoms with Crippen LogP contribution >= 0.6 is 0 Å². The predicted molar refractivity (Wildman–Crippen MR) is 116 cm³/mol. The zero-order chi connectivity index (χ0) is 21.7. The summed E-state index contributed by atoms with van der Waals surface area (Å²) < 4.78 is 0. The lowest BCUT2D eigenvalue weighted by Gasteiger charge is -2.38. The van der Waals surface area contributed by atoms with E-state index in [0.29, 0.717) is 24.5 Å². The Balaban J connectivity index is 1.73. The number of amides is 2. The Morgan fingerprint density at radius 2 is 1.97 bits per heavy atom. The summed E-state index contributed by atoms with van der Waals surface area (Å²) >= 11 is 0. The molecule has 0 unspecified atom stereocenters. The van der Waals surface area contributed by atoms with Crippen molar-refractivity contribution < 1.29 is 14.7 Å². The van der Waals surface area contributed by atoms with Gasteiger partial charge in [0.2, 0.25) is 5.91 Å². The van der Waals surface area contributed by atoms with Crippen molar-refractivity contribution in [3.05, 3.63) is 24.7 Å². The fraction of sp³-hybridized carbons (Fsp3) is 0.550. The number of nitrogens with zero attached hydrogens (tertiary/aromatic N) is 4. The number of rotatable bonds is 7. The Morgan fingerprint density at radius 1 is 1.23 bits per heavy atom. The SMILES string of the molecule is C[C@H]1C[C@@H](NC(=O)[C@@H](CC[S+](C)C)NC(=O)[O-])CN(c2ccnc3nccnc23)C1. The molecule has 0 saturated carbocycles. The number of hydrogen-bond donors (Lipinski definition) is 2. The molecule has 0 spiro atoms. The minimum Gasteiger partial charge on any atom is -0.530 e. The van der Waals surface area contributed by atoms with Crippen molar-refractivity contribution in [3.63, 3.8) is 0 Å². The van der Waals surface area contributed by atoms with Crippen LogP contribution in [-0.2, 0) is 15.7 Å². The number of carboxylic acid groups (broad SMARTS) is 1. The first-order valence-corrected chi connectivity index (χ1v) is 12.2. The number of carbonyl (C=O) groups is 2. The Labute approximate surface area is 179 Å². The molecule has 3 atom stereocenters. The van der Waals surface area contributed by atoms with Crippen molar-refractivity contribution in [2.75, 3.05) is 36.3 Å². The lowest BCUT2D eigenvalue weighted by atomic mass is 9.95. The quantitative estimate of drug-likeness (QED) is 0.587. The lowest BCUT2D eigenvalue weighted by molar-refractivity contribution is -0.251. The van der Waals surface area contributed by atoms with Gasteiger partial charge in [0, 0.05) is 44.1 Å². The summed E-state index contributed by atoms with van der Waals surface area (Å²) in [5, 5.41) is 16.3. The fourth-order valence-electron chi connectivity index (χ4n) is 3.84. The number of hydrogen-bond acceptors (Lipinski definition) is 7. The van der Waals surface area contributed by atoms with Crippen molar-refractivity contribution in [3.8, 4) is 0 Å². The minimum absolute atomic E-state index is 0.103. The molecule has 0 aromatic carbocycles. The molecule has 30 heavy (non-hydrogen) atoms. The number of piperidine rings is 1. The zero-order valence-electron chi connectivity index (χ0n) is 17.5. The highest BCUT2D eigenvalue weighted by Crippen LogP contribution is 2.27. The van der Waals surface area contributed by atoms with Crippen LogP contribution in [-0.4, -0.2) is 70.4 Å². The van der Waals surface area contributed by atoms with Gasteiger partial charge >= 0.3 is 0 Å². The smallest absolute Gasteiger partial charge is 0.242 e. The minimum atomic E-state index is -1.43. The molecule has 0 radical (unpaired) electrons. The lowest BCUT2D eigenvalue weighted by Crippen LogP contribution is -2.57. The first kappa shape index (κ1) is 22.1. The van der Waals surface area contributed by atoms with E-state index >= 15 is 0 Å². The normalized spacial score (nSPS) is 20.2. The number of anilines is 1. The third-order valence-electron chi connectivity index (χ3n) is 5.12. The summed E-state index contributed by atoms with van der Waals surface area (Å²) in [6.07, 6.45) is 8.95. The van der Waals surface area contributed by atoms with Gasteiger partial charge in [0.05, 0.1) is 18.2 Å². The Bertz CT molecular complexity index is 890. The Morgan fingerprint density at radius 3 is 2.70 bits per heavy atom. The highest BCUT2D eigenvalue weighted by molar-refractivity contribution is 7.95. The Kier molecular flexibility index (Phi) is 7.30. The summed E-state index contributed by atoms with van der Waals surface area (Å²) in [4.78, 5) is 39.0. The van der Waals surface area contributed by atoms with Crippen LogP contribution in [0.25, 0.3) is 11.2 Å². The van der Waals surface area contributed by atoms with Crippen LogP contribution < -0.4 is 20.6 Å². The zero-order valence-corrected chi connectivity index (χ0v) is 18.3. The van der Waals surface area contributed by atoms with Crippen molar-refractivity contribution in [1.82, 2.24) is 25.6 Å². The number of carbonyl (C=O) groups excluding carboxylic acids is 2. The van der Waals surface area contributed by atoms with E-state index in [0.717, 1.165) is 29.9 Å². The van der Waals surface area contributed by atoms with E-state index in [-0.39, 0.29) is 22.8 Å². The molecule has 2 N–H and O–H groups in total. The van der Waals surface area contributed by atoms with Crippen molar-refractivity contribution in [2.45, 2.75) is 31.8 Å². The monoisotopic (exact) mass is 432 g/mol. The number of fused-ring (bicyclic) bond motifs is 1. The second-order valence-corrected chi connectivity index (χ2v) is 10.4. The highest BCUT2D eigenvalue weighted by Gasteiger charge is 2.30. The van der Waals surface area contributed by atoms with Crippen LogP contribution in [0.3, 0.4) is 0 Å². The van der Waals surface area contributed by atoms with Gasteiger partial charge in [0.1, 0.15) is 23.4 Å². The number of pyridine rings is 1. The van der Waals surface area contributed by atoms with Gasteiger partial charge in [-0.1, -0.05) is 6.92 Å². The second-order valence-electron chi connectivity index (χ2n) is 7.97. The summed E-state index contributed by atoms with van der Waals surface area (Å²) in [5.74, 6) is 0.810. The second kappa shape index (κ2) is 9.92. The molecule has 1 fully saturated rings. The van der Waals surface area contributed by atoms with Gasteiger partial charge in [-0.25, -0.2) is 15.0 Å². The molecule has 162 valence electrons. The van der Waals surface area contributed by atoms with Gasteiger partial charge in [0.15, 0.2) is 5.65 Å². The molecule has 10 heteroatoms. The van der Waals surface area contributed by atoms with E-state index in [9.17, 15) is 14.7 Å². The van der Waals surface area contributed by atoms with Gasteiger partial charge in [-0.05, 0) is 29.3 Å². The number of aromatic nitrogens is 3. The standard InChI is InChI=1S/C20H28N6O3S/c1-13-10-14(24-19(27)15(25-20(28)29)5-9-30(2)3)12-26(11-13)16-4-6-22-18-17(16)21-7-8-23-18/h4,6-8,13-15,25H,5,9-12H2,1-3H3,(H-,24,27,28,29)/t13-,14+,15+/m0/s1. The van der Waals surface area contributed by atoms with E-state index in [1.807, 2.05) is 6.07 Å².